The van der Waals surface area contributed by atoms with Crippen molar-refractivity contribution in [3.8, 4) is 0 Å². The van der Waals surface area contributed by atoms with Crippen LogP contribution in [0.3, 0.4) is 0 Å². The Hall–Kier alpha value is -1.80. The fraction of sp³-hybridized carbons (Fsp3) is 0.789. The molecule has 8 heteroatoms. The van der Waals surface area contributed by atoms with E-state index in [0.717, 1.165) is 70.2 Å². The van der Waals surface area contributed by atoms with E-state index in [-0.39, 0.29) is 0 Å². The lowest BCUT2D eigenvalue weighted by molar-refractivity contribution is 0.209. The van der Waals surface area contributed by atoms with Crippen LogP contribution in [0.1, 0.15) is 57.5 Å². The molecule has 0 atom stereocenters. The minimum atomic E-state index is 0.535. The van der Waals surface area contributed by atoms with Crippen LogP contribution in [0.4, 0.5) is 0 Å². The molecule has 1 fully saturated rings. The lowest BCUT2D eigenvalue weighted by atomic mass is 10.1. The third kappa shape index (κ3) is 6.39. The first-order valence-corrected chi connectivity index (χ1v) is 10.1. The second kappa shape index (κ2) is 9.41. The normalized spacial score (nSPS) is 17.1. The molecule has 1 aliphatic heterocycles. The Bertz CT molecular complexity index is 638. The van der Waals surface area contributed by atoms with E-state index in [2.05, 4.69) is 57.8 Å². The first kappa shape index (κ1) is 19.9. The van der Waals surface area contributed by atoms with E-state index in [1.807, 2.05) is 0 Å². The Kier molecular flexibility index (Phi) is 6.95. The second-order valence-corrected chi connectivity index (χ2v) is 8.31. The van der Waals surface area contributed by atoms with Gasteiger partial charge in [0.1, 0.15) is 0 Å². The fourth-order valence-corrected chi connectivity index (χ4v) is 3.33. The SMILES string of the molecule is CC(C)Cc1noc(CN2CCCN(Cc3nc(CC(C)C)no3)CC2)n1. The van der Waals surface area contributed by atoms with Crippen molar-refractivity contribution >= 4 is 0 Å². The van der Waals surface area contributed by atoms with Crippen molar-refractivity contribution in [1.29, 1.82) is 0 Å². The van der Waals surface area contributed by atoms with Crippen LogP contribution >= 0.6 is 0 Å². The van der Waals surface area contributed by atoms with E-state index in [1.165, 1.54) is 0 Å². The maximum atomic E-state index is 5.42. The van der Waals surface area contributed by atoms with Gasteiger partial charge in [-0.1, -0.05) is 38.0 Å². The van der Waals surface area contributed by atoms with Crippen molar-refractivity contribution in [3.05, 3.63) is 23.4 Å². The largest absolute Gasteiger partial charge is 0.338 e. The van der Waals surface area contributed by atoms with Crippen molar-refractivity contribution in [2.24, 2.45) is 11.8 Å². The average Bonchev–Trinajstić information content (AvgIpc) is 3.13. The maximum Gasteiger partial charge on any atom is 0.240 e. The molecule has 0 unspecified atom stereocenters. The minimum Gasteiger partial charge on any atom is -0.338 e. The summed E-state index contributed by atoms with van der Waals surface area (Å²) >= 11 is 0. The summed E-state index contributed by atoms with van der Waals surface area (Å²) in [5.74, 6) is 4.12. The molecule has 2 aromatic heterocycles. The molecular weight excluding hydrogens is 344 g/mol. The number of nitrogens with zero attached hydrogens (tertiary/aromatic N) is 6. The Labute approximate surface area is 161 Å². The van der Waals surface area contributed by atoms with Crippen LogP contribution in [0.15, 0.2) is 9.05 Å². The summed E-state index contributed by atoms with van der Waals surface area (Å²) in [5.41, 5.74) is 0. The van der Waals surface area contributed by atoms with Gasteiger partial charge < -0.3 is 9.05 Å². The smallest absolute Gasteiger partial charge is 0.240 e. The minimum absolute atomic E-state index is 0.535. The monoisotopic (exact) mass is 376 g/mol. The lowest BCUT2D eigenvalue weighted by Gasteiger charge is -2.19. The lowest BCUT2D eigenvalue weighted by Crippen LogP contribution is -2.30. The van der Waals surface area contributed by atoms with E-state index < -0.39 is 0 Å². The summed E-state index contributed by atoms with van der Waals surface area (Å²) in [6.07, 6.45) is 2.82. The van der Waals surface area contributed by atoms with Gasteiger partial charge in [-0.2, -0.15) is 9.97 Å². The predicted molar refractivity (Wildman–Crippen MR) is 101 cm³/mol. The van der Waals surface area contributed by atoms with Crippen LogP contribution in [0.5, 0.6) is 0 Å². The molecule has 2 aromatic rings. The van der Waals surface area contributed by atoms with Crippen molar-refractivity contribution < 1.29 is 9.05 Å². The van der Waals surface area contributed by atoms with Gasteiger partial charge in [0.15, 0.2) is 11.6 Å². The van der Waals surface area contributed by atoms with Crippen LogP contribution in [0.2, 0.25) is 0 Å². The number of rotatable bonds is 8. The molecule has 0 radical (unpaired) electrons. The molecule has 0 bridgehead atoms. The van der Waals surface area contributed by atoms with Crippen molar-refractivity contribution in [1.82, 2.24) is 30.1 Å². The first-order chi connectivity index (χ1) is 13.0. The Balaban J connectivity index is 1.47. The van der Waals surface area contributed by atoms with Crippen LogP contribution in [-0.4, -0.2) is 56.3 Å². The summed E-state index contributed by atoms with van der Waals surface area (Å²) in [7, 11) is 0. The van der Waals surface area contributed by atoms with Gasteiger partial charge in [0.25, 0.3) is 0 Å². The van der Waals surface area contributed by atoms with Crippen molar-refractivity contribution in [3.63, 3.8) is 0 Å². The van der Waals surface area contributed by atoms with E-state index in [0.29, 0.717) is 23.6 Å². The van der Waals surface area contributed by atoms with Gasteiger partial charge in [-0.05, 0) is 31.3 Å². The standard InChI is InChI=1S/C19H32N6O2/c1-14(2)10-16-20-18(26-22-16)12-24-6-5-7-25(9-8-24)13-19-21-17(23-27-19)11-15(3)4/h14-15H,5-13H2,1-4H3. The molecule has 0 N–H and O–H groups in total. The fourth-order valence-electron chi connectivity index (χ4n) is 3.33. The molecule has 0 amide bonds. The van der Waals surface area contributed by atoms with Crippen LogP contribution in [-0.2, 0) is 25.9 Å². The van der Waals surface area contributed by atoms with Crippen LogP contribution < -0.4 is 0 Å². The van der Waals surface area contributed by atoms with Gasteiger partial charge in [-0.3, -0.25) is 9.80 Å². The first-order valence-electron chi connectivity index (χ1n) is 10.1. The van der Waals surface area contributed by atoms with Gasteiger partial charge in [0.05, 0.1) is 13.1 Å². The van der Waals surface area contributed by atoms with Crippen LogP contribution in [0, 0.1) is 11.8 Å². The Morgan fingerprint density at radius 2 is 1.19 bits per heavy atom. The summed E-state index contributed by atoms with van der Waals surface area (Å²) in [5, 5.41) is 8.18. The molecule has 0 saturated carbocycles. The highest BCUT2D eigenvalue weighted by atomic mass is 16.5. The summed E-state index contributed by atoms with van der Waals surface area (Å²) in [6.45, 7) is 14.1. The summed E-state index contributed by atoms with van der Waals surface area (Å²) < 4.78 is 10.8. The van der Waals surface area contributed by atoms with Crippen molar-refractivity contribution in [2.75, 3.05) is 26.2 Å². The van der Waals surface area contributed by atoms with E-state index >= 15 is 0 Å². The maximum absolute atomic E-state index is 5.42. The van der Waals surface area contributed by atoms with Gasteiger partial charge >= 0.3 is 0 Å². The van der Waals surface area contributed by atoms with Gasteiger partial charge in [0.2, 0.25) is 11.8 Å². The predicted octanol–water partition coefficient (Wildman–Crippen LogP) is 2.56. The quantitative estimate of drug-likeness (QED) is 0.695. The van der Waals surface area contributed by atoms with Crippen LogP contribution in [0.25, 0.3) is 0 Å². The number of hydrogen-bond donors (Lipinski definition) is 0. The molecule has 150 valence electrons. The summed E-state index contributed by atoms with van der Waals surface area (Å²) in [6, 6.07) is 0. The zero-order valence-electron chi connectivity index (χ0n) is 17.0. The zero-order valence-corrected chi connectivity index (χ0v) is 17.0. The van der Waals surface area contributed by atoms with Gasteiger partial charge in [0, 0.05) is 25.9 Å². The molecule has 1 aliphatic rings. The Morgan fingerprint density at radius 1 is 0.741 bits per heavy atom. The highest BCUT2D eigenvalue weighted by Gasteiger charge is 2.19. The highest BCUT2D eigenvalue weighted by molar-refractivity contribution is 4.90. The zero-order chi connectivity index (χ0) is 19.2. The second-order valence-electron chi connectivity index (χ2n) is 8.31. The molecule has 1 saturated heterocycles. The molecule has 27 heavy (non-hydrogen) atoms. The van der Waals surface area contributed by atoms with Crippen molar-refractivity contribution in [2.45, 2.75) is 60.0 Å². The highest BCUT2D eigenvalue weighted by Crippen LogP contribution is 2.12. The third-order valence-corrected chi connectivity index (χ3v) is 4.60. The van der Waals surface area contributed by atoms with Gasteiger partial charge in [-0.25, -0.2) is 0 Å². The molecule has 8 nitrogen and oxygen atoms in total. The molecule has 0 aromatic carbocycles. The average molecular weight is 377 g/mol. The topological polar surface area (TPSA) is 84.3 Å². The Morgan fingerprint density at radius 3 is 1.59 bits per heavy atom. The molecule has 3 heterocycles. The third-order valence-electron chi connectivity index (χ3n) is 4.60. The van der Waals surface area contributed by atoms with E-state index in [1.54, 1.807) is 0 Å². The van der Waals surface area contributed by atoms with E-state index in [4.69, 9.17) is 9.05 Å². The molecular formula is C19H32N6O2. The molecule has 0 aliphatic carbocycles. The van der Waals surface area contributed by atoms with Gasteiger partial charge in [-0.15, -0.1) is 0 Å². The van der Waals surface area contributed by atoms with E-state index in [9.17, 15) is 0 Å². The molecule has 3 rings (SSSR count). The molecule has 0 spiro atoms. The number of hydrogen-bond acceptors (Lipinski definition) is 8. The number of aromatic nitrogens is 4. The summed E-state index contributed by atoms with van der Waals surface area (Å²) in [4.78, 5) is 13.8.